The fourth-order valence-corrected chi connectivity index (χ4v) is 1.68. The Morgan fingerprint density at radius 3 is 2.92 bits per heavy atom. The van der Waals surface area contributed by atoms with Crippen molar-refractivity contribution >= 4 is 11.0 Å². The third kappa shape index (κ3) is 1.32. The molecule has 70 valence electrons. The molecule has 2 heteroatoms. The Kier molecular flexibility index (Phi) is 2.05. The second-order valence-electron chi connectivity index (χ2n) is 3.22. The number of nitrogens with zero attached hydrogens (tertiary/aromatic N) is 1. The molecule has 0 aliphatic heterocycles. The predicted molar refractivity (Wildman–Crippen MR) is 57.0 cm³/mol. The molecule has 1 N–H and O–H groups in total. The Labute approximate surface area is 79.5 Å². The van der Waals surface area contributed by atoms with Gasteiger partial charge in [-0.15, -0.1) is 0 Å². The van der Waals surface area contributed by atoms with Crippen LogP contribution in [0.5, 0.6) is 0 Å². The van der Waals surface area contributed by atoms with E-state index < -0.39 is 0 Å². The molecule has 0 aliphatic carbocycles. The molecular weight excluding hydrogens is 160 g/mol. The van der Waals surface area contributed by atoms with Crippen molar-refractivity contribution in [3.05, 3.63) is 29.6 Å². The highest BCUT2D eigenvalue weighted by Gasteiger charge is 2.03. The van der Waals surface area contributed by atoms with Gasteiger partial charge in [0.1, 0.15) is 5.65 Å². The summed E-state index contributed by atoms with van der Waals surface area (Å²) in [5.41, 5.74) is 3.60. The standard InChI is InChI=1S/C11H14N2.H2/c1-3-8-7-9-5-6-12-11(9)13-10(8)4-2;/h5-7H,3-4H2,1-2H3,(H,12,13);1H. The van der Waals surface area contributed by atoms with Crippen molar-refractivity contribution in [2.45, 2.75) is 26.7 Å². The molecule has 0 fully saturated rings. The Hall–Kier alpha value is -1.31. The number of rotatable bonds is 2. The van der Waals surface area contributed by atoms with Gasteiger partial charge in [-0.1, -0.05) is 13.8 Å². The summed E-state index contributed by atoms with van der Waals surface area (Å²) in [5, 5.41) is 1.22. The molecule has 0 atom stereocenters. The first-order valence-corrected chi connectivity index (χ1v) is 4.81. The van der Waals surface area contributed by atoms with Gasteiger partial charge in [0.15, 0.2) is 0 Å². The number of H-pyrrole nitrogens is 1. The molecule has 0 radical (unpaired) electrons. The van der Waals surface area contributed by atoms with Crippen LogP contribution in [-0.2, 0) is 12.8 Å². The van der Waals surface area contributed by atoms with E-state index in [0.29, 0.717) is 0 Å². The maximum absolute atomic E-state index is 4.57. The monoisotopic (exact) mass is 176 g/mol. The molecule has 0 saturated heterocycles. The second-order valence-corrected chi connectivity index (χ2v) is 3.22. The summed E-state index contributed by atoms with van der Waals surface area (Å²) >= 11 is 0. The van der Waals surface area contributed by atoms with Crippen LogP contribution < -0.4 is 0 Å². The third-order valence-electron chi connectivity index (χ3n) is 2.42. The average molecular weight is 176 g/mol. The molecule has 2 aromatic rings. The Bertz CT molecular complexity index is 382. The van der Waals surface area contributed by atoms with E-state index in [0.717, 1.165) is 18.5 Å². The number of nitrogens with one attached hydrogen (secondary N) is 1. The van der Waals surface area contributed by atoms with Crippen LogP contribution in [0.1, 0.15) is 26.5 Å². The second kappa shape index (κ2) is 3.21. The van der Waals surface area contributed by atoms with Crippen molar-refractivity contribution in [2.75, 3.05) is 0 Å². The van der Waals surface area contributed by atoms with Gasteiger partial charge in [-0.05, 0) is 30.5 Å². The van der Waals surface area contributed by atoms with Crippen LogP contribution in [0, 0.1) is 0 Å². The minimum Gasteiger partial charge on any atom is -0.346 e. The fraction of sp³-hybridized carbons (Fsp3) is 0.364. The van der Waals surface area contributed by atoms with Crippen LogP contribution in [0.2, 0.25) is 0 Å². The van der Waals surface area contributed by atoms with Gasteiger partial charge < -0.3 is 4.98 Å². The molecule has 0 saturated carbocycles. The summed E-state index contributed by atoms with van der Waals surface area (Å²) in [6.07, 6.45) is 4.02. The molecule has 2 aromatic heterocycles. The normalized spacial score (nSPS) is 10.9. The van der Waals surface area contributed by atoms with Gasteiger partial charge in [-0.3, -0.25) is 0 Å². The summed E-state index contributed by atoms with van der Waals surface area (Å²) in [4.78, 5) is 7.70. The van der Waals surface area contributed by atoms with E-state index in [1.807, 2.05) is 6.20 Å². The summed E-state index contributed by atoms with van der Waals surface area (Å²) < 4.78 is 0. The van der Waals surface area contributed by atoms with Crippen molar-refractivity contribution < 1.29 is 1.43 Å². The fourth-order valence-electron chi connectivity index (χ4n) is 1.68. The number of hydrogen-bond acceptors (Lipinski definition) is 1. The van der Waals surface area contributed by atoms with Crippen molar-refractivity contribution in [1.82, 2.24) is 9.97 Å². The van der Waals surface area contributed by atoms with Gasteiger partial charge in [-0.25, -0.2) is 4.98 Å². The number of fused-ring (bicyclic) bond motifs is 1. The maximum atomic E-state index is 4.57. The topological polar surface area (TPSA) is 28.7 Å². The molecular formula is C11H16N2. The third-order valence-corrected chi connectivity index (χ3v) is 2.42. The van der Waals surface area contributed by atoms with Crippen LogP contribution in [0.3, 0.4) is 0 Å². The summed E-state index contributed by atoms with van der Waals surface area (Å²) in [6.45, 7) is 4.32. The van der Waals surface area contributed by atoms with Gasteiger partial charge >= 0.3 is 0 Å². The Balaban J connectivity index is 0.000000980. The highest BCUT2D eigenvalue weighted by atomic mass is 14.8. The first kappa shape index (κ1) is 8.30. The lowest BCUT2D eigenvalue weighted by Crippen LogP contribution is -1.95. The van der Waals surface area contributed by atoms with Gasteiger partial charge in [0.2, 0.25) is 0 Å². The minimum atomic E-state index is 0. The van der Waals surface area contributed by atoms with Crippen molar-refractivity contribution in [3.8, 4) is 0 Å². The van der Waals surface area contributed by atoms with Crippen molar-refractivity contribution in [3.63, 3.8) is 0 Å². The molecule has 0 amide bonds. The van der Waals surface area contributed by atoms with E-state index in [4.69, 9.17) is 0 Å². The lowest BCUT2D eigenvalue weighted by molar-refractivity contribution is 0.977. The lowest BCUT2D eigenvalue weighted by atomic mass is 10.1. The largest absolute Gasteiger partial charge is 0.346 e. The molecule has 2 heterocycles. The van der Waals surface area contributed by atoms with E-state index in [9.17, 15) is 0 Å². The number of pyridine rings is 1. The highest BCUT2D eigenvalue weighted by molar-refractivity contribution is 5.76. The smallest absolute Gasteiger partial charge is 0.137 e. The van der Waals surface area contributed by atoms with Gasteiger partial charge in [0.05, 0.1) is 0 Å². The minimum absolute atomic E-state index is 0. The predicted octanol–water partition coefficient (Wildman–Crippen LogP) is 2.93. The Morgan fingerprint density at radius 1 is 1.38 bits per heavy atom. The Morgan fingerprint density at radius 2 is 2.23 bits per heavy atom. The van der Waals surface area contributed by atoms with Crippen molar-refractivity contribution in [1.29, 1.82) is 0 Å². The summed E-state index contributed by atoms with van der Waals surface area (Å²) in [5.74, 6) is 0. The van der Waals surface area contributed by atoms with E-state index in [-0.39, 0.29) is 1.43 Å². The first-order chi connectivity index (χ1) is 6.35. The first-order valence-electron chi connectivity index (χ1n) is 4.81. The van der Waals surface area contributed by atoms with Crippen LogP contribution >= 0.6 is 0 Å². The number of hydrogen-bond donors (Lipinski definition) is 1. The maximum Gasteiger partial charge on any atom is 0.137 e. The highest BCUT2D eigenvalue weighted by Crippen LogP contribution is 2.16. The van der Waals surface area contributed by atoms with Gasteiger partial charge in [-0.2, -0.15) is 0 Å². The average Bonchev–Trinajstić information content (AvgIpc) is 2.62. The zero-order valence-corrected chi connectivity index (χ0v) is 8.09. The summed E-state index contributed by atoms with van der Waals surface area (Å²) in [7, 11) is 0. The molecule has 0 spiro atoms. The SMILES string of the molecule is CCc1cc2cc[nH]c2nc1CC.[HH]. The number of aryl methyl sites for hydroxylation is 2. The number of aromatic nitrogens is 2. The van der Waals surface area contributed by atoms with Crippen LogP contribution in [0.4, 0.5) is 0 Å². The van der Waals surface area contributed by atoms with Crippen LogP contribution in [0.15, 0.2) is 18.3 Å². The quantitative estimate of drug-likeness (QED) is 0.748. The molecule has 0 bridgehead atoms. The zero-order chi connectivity index (χ0) is 9.26. The van der Waals surface area contributed by atoms with E-state index in [2.05, 4.69) is 35.9 Å². The molecule has 0 aliphatic rings. The van der Waals surface area contributed by atoms with Crippen LogP contribution in [0.25, 0.3) is 11.0 Å². The van der Waals surface area contributed by atoms with Gasteiger partial charge in [0, 0.05) is 18.7 Å². The molecule has 0 aromatic carbocycles. The zero-order valence-electron chi connectivity index (χ0n) is 8.09. The van der Waals surface area contributed by atoms with E-state index in [1.54, 1.807) is 0 Å². The molecule has 0 unspecified atom stereocenters. The van der Waals surface area contributed by atoms with E-state index >= 15 is 0 Å². The number of aromatic amines is 1. The van der Waals surface area contributed by atoms with Crippen LogP contribution in [-0.4, -0.2) is 9.97 Å². The summed E-state index contributed by atoms with van der Waals surface area (Å²) in [6, 6.07) is 4.30. The molecule has 13 heavy (non-hydrogen) atoms. The van der Waals surface area contributed by atoms with Gasteiger partial charge in [0.25, 0.3) is 0 Å². The van der Waals surface area contributed by atoms with E-state index in [1.165, 1.54) is 16.6 Å². The molecule has 2 rings (SSSR count). The lowest BCUT2D eigenvalue weighted by Gasteiger charge is -2.03. The molecule has 2 nitrogen and oxygen atoms in total. The van der Waals surface area contributed by atoms with Crippen molar-refractivity contribution in [2.24, 2.45) is 0 Å².